The fourth-order valence-electron chi connectivity index (χ4n) is 4.85. The number of amides is 1. The van der Waals surface area contributed by atoms with Crippen LogP contribution >= 0.6 is 23.2 Å². The summed E-state index contributed by atoms with van der Waals surface area (Å²) in [4.78, 5) is 23.5. The number of aromatic nitrogens is 2. The maximum atomic E-state index is 12.5. The summed E-state index contributed by atoms with van der Waals surface area (Å²) in [5, 5.41) is 13.7. The number of nitrogens with one attached hydrogen (secondary N) is 1. The molecule has 4 aromatic rings. The van der Waals surface area contributed by atoms with Gasteiger partial charge in [0.25, 0.3) is 5.91 Å². The van der Waals surface area contributed by atoms with Gasteiger partial charge in [0.05, 0.1) is 34.6 Å². The minimum Gasteiger partial charge on any atom is -0.481 e. The molecule has 0 bridgehead atoms. The summed E-state index contributed by atoms with van der Waals surface area (Å²) in [7, 11) is 1.58. The number of nitrogens with zero attached hydrogens (tertiary/aromatic N) is 3. The lowest BCUT2D eigenvalue weighted by atomic mass is 9.98. The van der Waals surface area contributed by atoms with E-state index in [1.807, 2.05) is 54.6 Å². The van der Waals surface area contributed by atoms with Crippen LogP contribution in [0.2, 0.25) is 10.0 Å². The third-order valence-electron chi connectivity index (χ3n) is 6.87. The van der Waals surface area contributed by atoms with E-state index in [4.69, 9.17) is 32.9 Å². The zero-order valence-electron chi connectivity index (χ0n) is 22.2. The zero-order chi connectivity index (χ0) is 28.4. The standard InChI is InChI=1S/C31H29Cl2N4O3/c1-4-37-17-21-14-19(8-10-22(21)31(37)39)29-28(33)24(12-13-35-29)23-6-5-7-25(27(23)32)26-11-9-20(30(36-26)40-3)16-34-15-18(2)38/h5-14,18,34,38H,1,4,15-17H2,2-3H3/t18-/m0/s1. The number of carbonyl (C=O) groups excluding carboxylic acids is 1. The van der Waals surface area contributed by atoms with Crippen molar-refractivity contribution in [3.8, 4) is 39.5 Å². The highest BCUT2D eigenvalue weighted by Gasteiger charge is 2.27. The summed E-state index contributed by atoms with van der Waals surface area (Å²) in [6.07, 6.45) is 1.26. The average Bonchev–Trinajstić information content (AvgIpc) is 3.28. The molecule has 40 heavy (non-hydrogen) atoms. The Balaban J connectivity index is 1.49. The summed E-state index contributed by atoms with van der Waals surface area (Å²) in [6.45, 7) is 7.47. The van der Waals surface area contributed by atoms with E-state index in [9.17, 15) is 9.90 Å². The molecule has 1 aliphatic rings. The maximum Gasteiger partial charge on any atom is 0.254 e. The van der Waals surface area contributed by atoms with Crippen LogP contribution in [0.1, 0.15) is 28.4 Å². The highest BCUT2D eigenvalue weighted by atomic mass is 35.5. The number of methoxy groups -OCH3 is 1. The Morgan fingerprint density at radius 1 is 1.07 bits per heavy atom. The number of hydrogen-bond donors (Lipinski definition) is 2. The first-order valence-corrected chi connectivity index (χ1v) is 13.7. The predicted octanol–water partition coefficient (Wildman–Crippen LogP) is 6.05. The molecule has 2 aromatic heterocycles. The molecular formula is C31H29Cl2N4O3. The Kier molecular flexibility index (Phi) is 8.38. The molecule has 5 rings (SSSR count). The van der Waals surface area contributed by atoms with Crippen LogP contribution in [-0.4, -0.2) is 52.2 Å². The molecule has 9 heteroatoms. The van der Waals surface area contributed by atoms with Gasteiger partial charge in [-0.15, -0.1) is 0 Å². The quantitative estimate of drug-likeness (QED) is 0.252. The van der Waals surface area contributed by atoms with E-state index in [-0.39, 0.29) is 5.91 Å². The second-order valence-corrected chi connectivity index (χ2v) is 10.4. The van der Waals surface area contributed by atoms with Gasteiger partial charge in [0.1, 0.15) is 0 Å². The van der Waals surface area contributed by atoms with E-state index in [0.29, 0.717) is 59.1 Å². The van der Waals surface area contributed by atoms with Crippen molar-refractivity contribution in [3.05, 3.63) is 94.5 Å². The van der Waals surface area contributed by atoms with Gasteiger partial charge < -0.3 is 20.1 Å². The minimum absolute atomic E-state index is 0.0118. The van der Waals surface area contributed by atoms with Gasteiger partial charge in [0, 0.05) is 65.8 Å². The van der Waals surface area contributed by atoms with Crippen LogP contribution in [0, 0.1) is 6.92 Å². The Morgan fingerprint density at radius 2 is 1.85 bits per heavy atom. The highest BCUT2D eigenvalue weighted by Crippen LogP contribution is 2.42. The summed E-state index contributed by atoms with van der Waals surface area (Å²) in [5.41, 5.74) is 6.79. The van der Waals surface area contributed by atoms with Gasteiger partial charge in [-0.05, 0) is 43.7 Å². The average molecular weight is 577 g/mol. The molecule has 7 nitrogen and oxygen atoms in total. The first-order chi connectivity index (χ1) is 19.3. The van der Waals surface area contributed by atoms with Crippen molar-refractivity contribution in [3.63, 3.8) is 0 Å². The van der Waals surface area contributed by atoms with E-state index in [2.05, 4.69) is 17.2 Å². The fourth-order valence-corrected chi connectivity index (χ4v) is 5.49. The van der Waals surface area contributed by atoms with Gasteiger partial charge in [0.2, 0.25) is 5.88 Å². The zero-order valence-corrected chi connectivity index (χ0v) is 23.8. The summed E-state index contributed by atoms with van der Waals surface area (Å²) in [5.74, 6) is 0.469. The lowest BCUT2D eigenvalue weighted by Gasteiger charge is -2.15. The number of aliphatic hydroxyl groups is 1. The molecule has 1 atom stereocenters. The van der Waals surface area contributed by atoms with E-state index < -0.39 is 6.10 Å². The molecule has 0 saturated carbocycles. The van der Waals surface area contributed by atoms with E-state index >= 15 is 0 Å². The first-order valence-electron chi connectivity index (χ1n) is 12.9. The molecule has 3 heterocycles. The summed E-state index contributed by atoms with van der Waals surface area (Å²) in [6, 6.07) is 17.1. The highest BCUT2D eigenvalue weighted by molar-refractivity contribution is 6.39. The molecule has 1 amide bonds. The van der Waals surface area contributed by atoms with Crippen molar-refractivity contribution in [2.75, 3.05) is 20.2 Å². The molecular weight excluding hydrogens is 547 g/mol. The fraction of sp³-hybridized carbons (Fsp3) is 0.226. The number of fused-ring (bicyclic) bond motifs is 1. The molecule has 1 radical (unpaired) electrons. The van der Waals surface area contributed by atoms with Crippen molar-refractivity contribution in [2.24, 2.45) is 0 Å². The van der Waals surface area contributed by atoms with Crippen LogP contribution in [0.15, 0.2) is 60.8 Å². The number of aliphatic hydroxyl groups excluding tert-OH is 1. The number of pyridine rings is 2. The van der Waals surface area contributed by atoms with Crippen LogP contribution < -0.4 is 10.1 Å². The molecule has 0 aliphatic carbocycles. The Labute approximate surface area is 243 Å². The molecule has 0 unspecified atom stereocenters. The van der Waals surface area contributed by atoms with Crippen LogP contribution in [0.3, 0.4) is 0 Å². The number of halogens is 2. The van der Waals surface area contributed by atoms with Crippen molar-refractivity contribution in [1.82, 2.24) is 20.2 Å². The van der Waals surface area contributed by atoms with Crippen molar-refractivity contribution >= 4 is 29.1 Å². The van der Waals surface area contributed by atoms with Gasteiger partial charge >= 0.3 is 0 Å². The maximum absolute atomic E-state index is 12.5. The Morgan fingerprint density at radius 3 is 2.60 bits per heavy atom. The van der Waals surface area contributed by atoms with Crippen molar-refractivity contribution in [2.45, 2.75) is 26.1 Å². The predicted molar refractivity (Wildman–Crippen MR) is 158 cm³/mol. The number of benzene rings is 2. The number of carbonyl (C=O) groups is 1. The summed E-state index contributed by atoms with van der Waals surface area (Å²) < 4.78 is 5.54. The van der Waals surface area contributed by atoms with E-state index in [0.717, 1.165) is 33.4 Å². The molecule has 1 aliphatic heterocycles. The topological polar surface area (TPSA) is 87.6 Å². The van der Waals surface area contributed by atoms with Crippen molar-refractivity contribution < 1.29 is 14.6 Å². The lowest BCUT2D eigenvalue weighted by Crippen LogP contribution is -2.24. The Hall–Kier alpha value is -3.49. The van der Waals surface area contributed by atoms with Crippen LogP contribution in [0.25, 0.3) is 33.6 Å². The van der Waals surface area contributed by atoms with Gasteiger partial charge in [-0.1, -0.05) is 53.5 Å². The van der Waals surface area contributed by atoms with Gasteiger partial charge in [0.15, 0.2) is 0 Å². The monoisotopic (exact) mass is 575 g/mol. The molecule has 2 N–H and O–H groups in total. The Bertz CT molecular complexity index is 1570. The third kappa shape index (κ3) is 5.43. The first kappa shape index (κ1) is 28.1. The van der Waals surface area contributed by atoms with E-state index in [1.165, 1.54) is 0 Å². The lowest BCUT2D eigenvalue weighted by molar-refractivity contribution is 0.0795. The second kappa shape index (κ2) is 11.9. The van der Waals surface area contributed by atoms with Gasteiger partial charge in [-0.3, -0.25) is 9.78 Å². The minimum atomic E-state index is -0.448. The number of hydrogen-bond acceptors (Lipinski definition) is 6. The molecule has 205 valence electrons. The van der Waals surface area contributed by atoms with E-state index in [1.54, 1.807) is 25.1 Å². The molecule has 2 aromatic carbocycles. The van der Waals surface area contributed by atoms with Crippen LogP contribution in [-0.2, 0) is 13.1 Å². The molecule has 0 spiro atoms. The molecule has 0 saturated heterocycles. The smallest absolute Gasteiger partial charge is 0.254 e. The third-order valence-corrected chi connectivity index (χ3v) is 7.66. The SMILES string of the molecule is [CH2]CN1Cc2cc(-c3nccc(-c4cccc(-c5ccc(CNC[C@H](C)O)c(OC)n5)c4Cl)c3Cl)ccc2C1=O. The van der Waals surface area contributed by atoms with Crippen molar-refractivity contribution in [1.29, 1.82) is 0 Å². The molecule has 0 fully saturated rings. The largest absolute Gasteiger partial charge is 0.481 e. The summed E-state index contributed by atoms with van der Waals surface area (Å²) >= 11 is 13.9. The van der Waals surface area contributed by atoms with Crippen LogP contribution in [0.4, 0.5) is 0 Å². The number of rotatable bonds is 9. The van der Waals surface area contributed by atoms with Gasteiger partial charge in [-0.2, -0.15) is 0 Å². The number of ether oxygens (including phenoxy) is 1. The second-order valence-electron chi connectivity index (χ2n) is 9.63. The van der Waals surface area contributed by atoms with Gasteiger partial charge in [-0.25, -0.2) is 4.98 Å². The van der Waals surface area contributed by atoms with Crippen LogP contribution in [0.5, 0.6) is 5.88 Å². The normalized spacial score (nSPS) is 13.4.